The van der Waals surface area contributed by atoms with Crippen molar-refractivity contribution in [2.75, 3.05) is 12.3 Å². The van der Waals surface area contributed by atoms with E-state index in [0.717, 1.165) is 11.3 Å². The van der Waals surface area contributed by atoms with E-state index in [4.69, 9.17) is 15.6 Å². The summed E-state index contributed by atoms with van der Waals surface area (Å²) in [6, 6.07) is 13.6. The lowest BCUT2D eigenvalue weighted by molar-refractivity contribution is 0.322. The normalized spacial score (nSPS) is 11.2. The summed E-state index contributed by atoms with van der Waals surface area (Å²) in [6.07, 6.45) is 0.676. The number of nitrogens with two attached hydrogens (primary N) is 2. The van der Waals surface area contributed by atoms with Crippen molar-refractivity contribution >= 4 is 15.7 Å². The molecule has 0 aliphatic carbocycles. The molecule has 0 spiro atoms. The van der Waals surface area contributed by atoms with Gasteiger partial charge in [0.15, 0.2) is 0 Å². The standard InChI is InChI=1S/C14H16N2O3S/c15-12-3-5-13(6-4-12)19-10-9-11-1-7-14(8-2-11)20(16,17)18/h1-8H,9-10,15H2,(H2,16,17,18). The zero-order valence-electron chi connectivity index (χ0n) is 10.8. The maximum Gasteiger partial charge on any atom is 0.238 e. The molecule has 0 aliphatic rings. The summed E-state index contributed by atoms with van der Waals surface area (Å²) in [5.41, 5.74) is 7.25. The van der Waals surface area contributed by atoms with Crippen molar-refractivity contribution in [2.45, 2.75) is 11.3 Å². The Morgan fingerprint density at radius 1 is 0.950 bits per heavy atom. The van der Waals surface area contributed by atoms with Gasteiger partial charge in [-0.2, -0.15) is 0 Å². The third kappa shape index (κ3) is 3.97. The van der Waals surface area contributed by atoms with E-state index in [9.17, 15) is 8.42 Å². The quantitative estimate of drug-likeness (QED) is 0.817. The van der Waals surface area contributed by atoms with Crippen LogP contribution in [0.1, 0.15) is 5.56 Å². The van der Waals surface area contributed by atoms with Gasteiger partial charge in [-0.25, -0.2) is 13.6 Å². The molecular formula is C14H16N2O3S. The second kappa shape index (κ2) is 5.94. The van der Waals surface area contributed by atoms with Crippen molar-refractivity contribution in [2.24, 2.45) is 5.14 Å². The highest BCUT2D eigenvalue weighted by Gasteiger charge is 2.06. The molecule has 2 aromatic rings. The molecule has 106 valence electrons. The largest absolute Gasteiger partial charge is 0.493 e. The average molecular weight is 292 g/mol. The predicted molar refractivity (Wildman–Crippen MR) is 77.9 cm³/mol. The number of hydrogen-bond donors (Lipinski definition) is 2. The Morgan fingerprint density at radius 2 is 1.55 bits per heavy atom. The third-order valence-electron chi connectivity index (χ3n) is 2.79. The summed E-state index contributed by atoms with van der Waals surface area (Å²) in [5, 5.41) is 5.03. The molecule has 2 rings (SSSR count). The van der Waals surface area contributed by atoms with Crippen molar-refractivity contribution in [3.8, 4) is 5.75 Å². The van der Waals surface area contributed by atoms with Gasteiger partial charge in [-0.05, 0) is 42.0 Å². The van der Waals surface area contributed by atoms with Crippen molar-refractivity contribution < 1.29 is 13.2 Å². The molecular weight excluding hydrogens is 276 g/mol. The Morgan fingerprint density at radius 3 is 2.10 bits per heavy atom. The second-order valence-corrected chi connectivity index (χ2v) is 5.92. The number of ether oxygens (including phenoxy) is 1. The molecule has 5 nitrogen and oxygen atoms in total. The maximum absolute atomic E-state index is 11.1. The fourth-order valence-electron chi connectivity index (χ4n) is 1.70. The summed E-state index contributed by atoms with van der Waals surface area (Å²) in [7, 11) is -3.63. The SMILES string of the molecule is Nc1ccc(OCCc2ccc(S(N)(=O)=O)cc2)cc1. The van der Waals surface area contributed by atoms with E-state index in [1.165, 1.54) is 12.1 Å². The van der Waals surface area contributed by atoms with E-state index < -0.39 is 10.0 Å². The van der Waals surface area contributed by atoms with Gasteiger partial charge in [0.2, 0.25) is 10.0 Å². The van der Waals surface area contributed by atoms with Gasteiger partial charge in [0, 0.05) is 12.1 Å². The molecule has 4 N–H and O–H groups in total. The van der Waals surface area contributed by atoms with Crippen LogP contribution in [0.25, 0.3) is 0 Å². The molecule has 0 bridgehead atoms. The second-order valence-electron chi connectivity index (χ2n) is 4.36. The smallest absolute Gasteiger partial charge is 0.238 e. The third-order valence-corrected chi connectivity index (χ3v) is 3.72. The summed E-state index contributed by atoms with van der Waals surface area (Å²) in [6.45, 7) is 0.499. The number of nitrogen functional groups attached to an aromatic ring is 1. The minimum absolute atomic E-state index is 0.112. The van der Waals surface area contributed by atoms with Crippen LogP contribution in [0.4, 0.5) is 5.69 Å². The van der Waals surface area contributed by atoms with Crippen molar-refractivity contribution in [1.29, 1.82) is 0 Å². The first-order chi connectivity index (χ1) is 9.45. The van der Waals surface area contributed by atoms with Crippen LogP contribution in [0.5, 0.6) is 5.75 Å². The average Bonchev–Trinajstić information content (AvgIpc) is 2.41. The Labute approximate surface area is 118 Å². The van der Waals surface area contributed by atoms with Crippen LogP contribution in [0.3, 0.4) is 0 Å². The molecule has 2 aromatic carbocycles. The molecule has 0 unspecified atom stereocenters. The Hall–Kier alpha value is -2.05. The Kier molecular flexibility index (Phi) is 4.26. The van der Waals surface area contributed by atoms with Crippen LogP contribution < -0.4 is 15.6 Å². The summed E-state index contributed by atoms with van der Waals surface area (Å²) in [4.78, 5) is 0.112. The van der Waals surface area contributed by atoms with Gasteiger partial charge >= 0.3 is 0 Å². The number of sulfonamides is 1. The highest BCUT2D eigenvalue weighted by Crippen LogP contribution is 2.14. The van der Waals surface area contributed by atoms with Crippen LogP contribution in [0.2, 0.25) is 0 Å². The lowest BCUT2D eigenvalue weighted by Gasteiger charge is -2.07. The highest BCUT2D eigenvalue weighted by atomic mass is 32.2. The minimum Gasteiger partial charge on any atom is -0.493 e. The molecule has 0 fully saturated rings. The van der Waals surface area contributed by atoms with Gasteiger partial charge in [0.1, 0.15) is 5.75 Å². The van der Waals surface area contributed by atoms with Crippen molar-refractivity contribution in [3.63, 3.8) is 0 Å². The topological polar surface area (TPSA) is 95.4 Å². The molecule has 0 amide bonds. The predicted octanol–water partition coefficient (Wildman–Crippen LogP) is 1.54. The van der Waals surface area contributed by atoms with Crippen LogP contribution in [-0.2, 0) is 16.4 Å². The zero-order chi connectivity index (χ0) is 14.6. The molecule has 0 aromatic heterocycles. The van der Waals surface area contributed by atoms with Crippen molar-refractivity contribution in [3.05, 3.63) is 54.1 Å². The van der Waals surface area contributed by atoms with Gasteiger partial charge in [0.25, 0.3) is 0 Å². The lowest BCUT2D eigenvalue weighted by atomic mass is 10.2. The zero-order valence-corrected chi connectivity index (χ0v) is 11.6. The first-order valence-electron chi connectivity index (χ1n) is 6.05. The van der Waals surface area contributed by atoms with E-state index in [1.807, 2.05) is 0 Å². The van der Waals surface area contributed by atoms with E-state index in [2.05, 4.69) is 0 Å². The summed E-state index contributed by atoms with van der Waals surface area (Å²) >= 11 is 0. The number of primary sulfonamides is 1. The highest BCUT2D eigenvalue weighted by molar-refractivity contribution is 7.89. The van der Waals surface area contributed by atoms with Crippen LogP contribution in [0.15, 0.2) is 53.4 Å². The van der Waals surface area contributed by atoms with E-state index in [0.29, 0.717) is 18.7 Å². The van der Waals surface area contributed by atoms with Crippen molar-refractivity contribution in [1.82, 2.24) is 0 Å². The molecule has 6 heteroatoms. The van der Waals surface area contributed by atoms with Gasteiger partial charge in [-0.3, -0.25) is 0 Å². The number of anilines is 1. The Balaban J connectivity index is 1.90. The van der Waals surface area contributed by atoms with Gasteiger partial charge < -0.3 is 10.5 Å². The van der Waals surface area contributed by atoms with Gasteiger partial charge in [0.05, 0.1) is 11.5 Å². The van der Waals surface area contributed by atoms with Gasteiger partial charge in [-0.1, -0.05) is 12.1 Å². The molecule has 0 radical (unpaired) electrons. The fraction of sp³-hybridized carbons (Fsp3) is 0.143. The Bertz CT molecular complexity index is 665. The molecule has 0 saturated heterocycles. The van der Waals surface area contributed by atoms with Gasteiger partial charge in [-0.15, -0.1) is 0 Å². The molecule has 20 heavy (non-hydrogen) atoms. The van der Waals surface area contributed by atoms with Crippen LogP contribution >= 0.6 is 0 Å². The number of benzene rings is 2. The number of rotatable bonds is 5. The van der Waals surface area contributed by atoms with Crippen LogP contribution in [-0.4, -0.2) is 15.0 Å². The fourth-order valence-corrected chi connectivity index (χ4v) is 2.21. The van der Waals surface area contributed by atoms with E-state index >= 15 is 0 Å². The minimum atomic E-state index is -3.63. The molecule has 0 aliphatic heterocycles. The lowest BCUT2D eigenvalue weighted by Crippen LogP contribution is -2.12. The maximum atomic E-state index is 11.1. The molecule has 0 atom stereocenters. The first kappa shape index (κ1) is 14.4. The first-order valence-corrected chi connectivity index (χ1v) is 7.60. The van der Waals surface area contributed by atoms with E-state index in [1.54, 1.807) is 36.4 Å². The number of hydrogen-bond acceptors (Lipinski definition) is 4. The van der Waals surface area contributed by atoms with E-state index in [-0.39, 0.29) is 4.90 Å². The summed E-state index contributed by atoms with van der Waals surface area (Å²) < 4.78 is 27.8. The molecule has 0 saturated carbocycles. The monoisotopic (exact) mass is 292 g/mol. The summed E-state index contributed by atoms with van der Waals surface area (Å²) in [5.74, 6) is 0.750. The molecule has 0 heterocycles. The van der Waals surface area contributed by atoms with Crippen LogP contribution in [0, 0.1) is 0 Å².